The highest BCUT2D eigenvalue weighted by Crippen LogP contribution is 2.07. The molecular weight excluding hydrogens is 286 g/mol. The zero-order chi connectivity index (χ0) is 15.6. The molecule has 21 heavy (non-hydrogen) atoms. The summed E-state index contributed by atoms with van der Waals surface area (Å²) >= 11 is 0. The average molecular weight is 311 g/mol. The molecule has 6 heteroatoms. The van der Waals surface area contributed by atoms with Crippen LogP contribution in [-0.2, 0) is 15.6 Å². The van der Waals surface area contributed by atoms with Gasteiger partial charge in [-0.3, -0.25) is 4.99 Å². The molecule has 0 aliphatic rings. The molecule has 0 aliphatic heterocycles. The minimum absolute atomic E-state index is 0.0851. The van der Waals surface area contributed by atoms with Crippen LogP contribution in [0.25, 0.3) is 0 Å². The first-order chi connectivity index (χ1) is 10.0. The number of guanidine groups is 1. The summed E-state index contributed by atoms with van der Waals surface area (Å²) in [6, 6.07) is 9.21. The van der Waals surface area contributed by atoms with Crippen molar-refractivity contribution in [3.63, 3.8) is 0 Å². The van der Waals surface area contributed by atoms with Crippen LogP contribution in [0.2, 0.25) is 0 Å². The number of nitrogens with one attached hydrogen (secondary N) is 1. The highest BCUT2D eigenvalue weighted by Gasteiger charge is 2.11. The van der Waals surface area contributed by atoms with E-state index in [1.165, 1.54) is 0 Å². The van der Waals surface area contributed by atoms with Gasteiger partial charge in [0.1, 0.15) is 0 Å². The number of benzene rings is 1. The lowest BCUT2D eigenvalue weighted by molar-refractivity contribution is 0.592. The van der Waals surface area contributed by atoms with Crippen LogP contribution in [-0.4, -0.2) is 33.2 Å². The van der Waals surface area contributed by atoms with E-state index in [2.05, 4.69) is 17.2 Å². The second-order valence-electron chi connectivity index (χ2n) is 4.98. The molecule has 5 nitrogen and oxygen atoms in total. The Labute approximate surface area is 127 Å². The predicted molar refractivity (Wildman–Crippen MR) is 87.9 cm³/mol. The lowest BCUT2D eigenvalue weighted by atomic mass is 10.2. The molecule has 1 rings (SSSR count). The van der Waals surface area contributed by atoms with Crippen molar-refractivity contribution in [3.8, 4) is 0 Å². The highest BCUT2D eigenvalue weighted by atomic mass is 32.2. The molecule has 3 N–H and O–H groups in total. The summed E-state index contributed by atoms with van der Waals surface area (Å²) < 4.78 is 23.9. The molecule has 0 spiro atoms. The molecule has 0 heterocycles. The van der Waals surface area contributed by atoms with E-state index < -0.39 is 9.84 Å². The fourth-order valence-corrected chi connectivity index (χ4v) is 3.25. The van der Waals surface area contributed by atoms with Crippen molar-refractivity contribution in [2.24, 2.45) is 10.7 Å². The van der Waals surface area contributed by atoms with Crippen molar-refractivity contribution in [2.45, 2.75) is 31.9 Å². The van der Waals surface area contributed by atoms with Gasteiger partial charge < -0.3 is 11.1 Å². The molecule has 0 fully saturated rings. The van der Waals surface area contributed by atoms with Gasteiger partial charge in [0.25, 0.3) is 0 Å². The monoisotopic (exact) mass is 311 g/mol. The molecule has 0 amide bonds. The van der Waals surface area contributed by atoms with Crippen LogP contribution in [0.4, 0.5) is 0 Å². The maximum Gasteiger partial charge on any atom is 0.188 e. The van der Waals surface area contributed by atoms with Gasteiger partial charge in [-0.15, -0.1) is 0 Å². The fourth-order valence-electron chi connectivity index (χ4n) is 1.83. The Morgan fingerprint density at radius 2 is 1.95 bits per heavy atom. The van der Waals surface area contributed by atoms with E-state index in [1.54, 1.807) is 0 Å². The van der Waals surface area contributed by atoms with Crippen LogP contribution >= 0.6 is 0 Å². The first-order valence-corrected chi connectivity index (χ1v) is 9.14. The predicted octanol–water partition coefficient (Wildman–Crippen LogP) is 1.70. The molecular formula is C15H25N3O2S. The zero-order valence-corrected chi connectivity index (χ0v) is 13.4. The van der Waals surface area contributed by atoms with Gasteiger partial charge in [0.05, 0.1) is 11.5 Å². The molecule has 0 saturated heterocycles. The van der Waals surface area contributed by atoms with Crippen molar-refractivity contribution in [1.29, 1.82) is 0 Å². The molecule has 0 bridgehead atoms. The van der Waals surface area contributed by atoms with Gasteiger partial charge in [-0.2, -0.15) is 0 Å². The van der Waals surface area contributed by atoms with Gasteiger partial charge in [0, 0.05) is 13.1 Å². The summed E-state index contributed by atoms with van der Waals surface area (Å²) in [5.74, 6) is 0.610. The first kappa shape index (κ1) is 17.5. The van der Waals surface area contributed by atoms with E-state index in [1.807, 2.05) is 30.3 Å². The third kappa shape index (κ3) is 8.34. The Bertz CT molecular complexity index is 527. The van der Waals surface area contributed by atoms with Crippen molar-refractivity contribution < 1.29 is 8.42 Å². The average Bonchev–Trinajstić information content (AvgIpc) is 2.44. The lowest BCUT2D eigenvalue weighted by Gasteiger charge is -2.05. The van der Waals surface area contributed by atoms with E-state index in [9.17, 15) is 8.42 Å². The molecule has 0 radical (unpaired) electrons. The number of unbranched alkanes of at least 4 members (excludes halogenated alkanes) is 1. The van der Waals surface area contributed by atoms with Crippen LogP contribution < -0.4 is 11.1 Å². The van der Waals surface area contributed by atoms with Crippen LogP contribution in [0, 0.1) is 0 Å². The number of sulfone groups is 1. The Morgan fingerprint density at radius 3 is 2.62 bits per heavy atom. The smallest absolute Gasteiger partial charge is 0.188 e. The lowest BCUT2D eigenvalue weighted by Crippen LogP contribution is -2.32. The molecule has 0 aliphatic carbocycles. The van der Waals surface area contributed by atoms with Gasteiger partial charge in [-0.1, -0.05) is 43.7 Å². The summed E-state index contributed by atoms with van der Waals surface area (Å²) in [6.07, 6.45) is 2.63. The Hall–Kier alpha value is -1.56. The zero-order valence-electron chi connectivity index (χ0n) is 12.6. The summed E-state index contributed by atoms with van der Waals surface area (Å²) in [4.78, 5) is 4.12. The maximum absolute atomic E-state index is 12.0. The highest BCUT2D eigenvalue weighted by molar-refractivity contribution is 7.90. The number of hydrogen-bond acceptors (Lipinski definition) is 3. The van der Waals surface area contributed by atoms with Gasteiger partial charge in [-0.05, 0) is 18.4 Å². The maximum atomic E-state index is 12.0. The molecule has 0 aromatic heterocycles. The molecule has 1 aromatic carbocycles. The topological polar surface area (TPSA) is 84.5 Å². The number of hydrogen-bond donors (Lipinski definition) is 2. The van der Waals surface area contributed by atoms with Gasteiger partial charge in [0.15, 0.2) is 15.8 Å². The molecule has 0 unspecified atom stereocenters. The standard InChI is InChI=1S/C15H25N3O2S/c1-2-3-10-17-15(16)18-11-7-12-21(19,20)13-14-8-5-4-6-9-14/h4-6,8-9H,2-3,7,10-13H2,1H3,(H3,16,17,18). The number of nitrogens with zero attached hydrogens (tertiary/aromatic N) is 1. The Kier molecular flexibility index (Phi) is 7.82. The van der Waals surface area contributed by atoms with Crippen LogP contribution in [0.15, 0.2) is 35.3 Å². The molecule has 118 valence electrons. The van der Waals surface area contributed by atoms with Gasteiger partial charge >= 0.3 is 0 Å². The second kappa shape index (κ2) is 9.39. The number of aliphatic imine (C=N–C) groups is 1. The fraction of sp³-hybridized carbons (Fsp3) is 0.533. The second-order valence-corrected chi connectivity index (χ2v) is 7.16. The minimum atomic E-state index is -3.08. The van der Waals surface area contributed by atoms with Crippen molar-refractivity contribution in [2.75, 3.05) is 18.8 Å². The summed E-state index contributed by atoms with van der Waals surface area (Å²) in [7, 11) is -3.08. The summed E-state index contributed by atoms with van der Waals surface area (Å²) in [6.45, 7) is 3.34. The third-order valence-electron chi connectivity index (χ3n) is 2.96. The van der Waals surface area contributed by atoms with Gasteiger partial charge in [0.2, 0.25) is 0 Å². The molecule has 0 atom stereocenters. The quantitative estimate of drug-likeness (QED) is 0.413. The number of nitrogens with two attached hydrogens (primary N) is 1. The van der Waals surface area contributed by atoms with E-state index in [4.69, 9.17) is 5.73 Å². The summed E-state index contributed by atoms with van der Waals surface area (Å²) in [5.41, 5.74) is 6.50. The normalized spacial score (nSPS) is 12.3. The van der Waals surface area contributed by atoms with Gasteiger partial charge in [-0.25, -0.2) is 8.42 Å². The Balaban J connectivity index is 2.29. The van der Waals surface area contributed by atoms with Crippen molar-refractivity contribution in [1.82, 2.24) is 5.32 Å². The van der Waals surface area contributed by atoms with E-state index in [0.29, 0.717) is 18.9 Å². The van der Waals surface area contributed by atoms with Crippen molar-refractivity contribution >= 4 is 15.8 Å². The molecule has 0 saturated carbocycles. The minimum Gasteiger partial charge on any atom is -0.370 e. The van der Waals surface area contributed by atoms with E-state index >= 15 is 0 Å². The Morgan fingerprint density at radius 1 is 1.24 bits per heavy atom. The largest absolute Gasteiger partial charge is 0.370 e. The summed E-state index contributed by atoms with van der Waals surface area (Å²) in [5, 5.41) is 3.00. The van der Waals surface area contributed by atoms with Crippen LogP contribution in [0.5, 0.6) is 0 Å². The number of rotatable bonds is 9. The van der Waals surface area contributed by atoms with Crippen LogP contribution in [0.3, 0.4) is 0 Å². The first-order valence-electron chi connectivity index (χ1n) is 7.31. The van der Waals surface area contributed by atoms with E-state index in [-0.39, 0.29) is 11.5 Å². The van der Waals surface area contributed by atoms with Crippen LogP contribution in [0.1, 0.15) is 31.7 Å². The SMILES string of the molecule is CCCCNC(N)=NCCCS(=O)(=O)Cc1ccccc1. The molecule has 1 aromatic rings. The third-order valence-corrected chi connectivity index (χ3v) is 4.65. The van der Waals surface area contributed by atoms with E-state index in [0.717, 1.165) is 24.9 Å². The van der Waals surface area contributed by atoms with Crippen molar-refractivity contribution in [3.05, 3.63) is 35.9 Å².